The molecule has 0 radical (unpaired) electrons. The van der Waals surface area contributed by atoms with Gasteiger partial charge in [0.05, 0.1) is 52.6 Å². The number of imidazole rings is 1. The van der Waals surface area contributed by atoms with Gasteiger partial charge in [-0.1, -0.05) is 36.4 Å². The highest BCUT2D eigenvalue weighted by Gasteiger charge is 2.14. The summed E-state index contributed by atoms with van der Waals surface area (Å²) in [5.74, 6) is 0.0679. The molecule has 0 aliphatic heterocycles. The van der Waals surface area contributed by atoms with Crippen LogP contribution < -0.4 is 5.32 Å². The normalized spacial score (nSPS) is 11.4. The number of carbonyl (C=O) groups excluding carboxylic acids is 1. The molecule has 4 aromatic heterocycles. The Morgan fingerprint density at radius 2 is 1.78 bits per heavy atom. The fourth-order valence-electron chi connectivity index (χ4n) is 5.09. The number of fused-ring (bicyclic) bond motifs is 3. The molecular formula is C32H24FN7O. The number of nitrogens with one attached hydrogen (secondary N) is 2. The zero-order chi connectivity index (χ0) is 27.8. The van der Waals surface area contributed by atoms with Crippen molar-refractivity contribution in [3.05, 3.63) is 131 Å². The fourth-order valence-corrected chi connectivity index (χ4v) is 5.09. The number of pyridine rings is 2. The highest BCUT2D eigenvalue weighted by molar-refractivity contribution is 5.95. The molecule has 7 rings (SSSR count). The first-order valence-electron chi connectivity index (χ1n) is 13.2. The molecule has 200 valence electrons. The average molecular weight is 542 g/mol. The van der Waals surface area contributed by atoms with Gasteiger partial charge in [-0.25, -0.2) is 14.4 Å². The number of hydrogen-bond acceptors (Lipinski definition) is 5. The highest BCUT2D eigenvalue weighted by atomic mass is 19.1. The molecule has 0 unspecified atom stereocenters. The van der Waals surface area contributed by atoms with Gasteiger partial charge in [0, 0.05) is 29.6 Å². The summed E-state index contributed by atoms with van der Waals surface area (Å²) in [4.78, 5) is 29.9. The first-order chi connectivity index (χ1) is 20.1. The van der Waals surface area contributed by atoms with Crippen LogP contribution in [0.2, 0.25) is 0 Å². The first-order valence-corrected chi connectivity index (χ1v) is 13.2. The molecule has 7 aromatic rings. The number of rotatable bonds is 7. The summed E-state index contributed by atoms with van der Waals surface area (Å²) in [7, 11) is 0. The lowest BCUT2D eigenvalue weighted by Crippen LogP contribution is -2.23. The Kier molecular flexibility index (Phi) is 6.16. The summed E-state index contributed by atoms with van der Waals surface area (Å²) < 4.78 is 15.6. The lowest BCUT2D eigenvalue weighted by Gasteiger charge is -2.11. The molecule has 0 atom stereocenters. The van der Waals surface area contributed by atoms with E-state index in [9.17, 15) is 9.18 Å². The van der Waals surface area contributed by atoms with Gasteiger partial charge < -0.3 is 10.3 Å². The number of hydrogen-bond donors (Lipinski definition) is 2. The van der Waals surface area contributed by atoms with Crippen LogP contribution in [-0.4, -0.2) is 35.6 Å². The largest absolute Gasteiger partial charge is 0.346 e. The van der Waals surface area contributed by atoms with Crippen molar-refractivity contribution in [1.29, 1.82) is 0 Å². The van der Waals surface area contributed by atoms with Gasteiger partial charge >= 0.3 is 0 Å². The molecule has 3 aromatic carbocycles. The van der Waals surface area contributed by atoms with Crippen molar-refractivity contribution in [2.45, 2.75) is 19.5 Å². The smallest absolute Gasteiger partial charge is 0.254 e. The number of halogens is 1. The molecule has 0 saturated heterocycles. The summed E-state index contributed by atoms with van der Waals surface area (Å²) in [5, 5.41) is 9.25. The predicted octanol–water partition coefficient (Wildman–Crippen LogP) is 5.56. The minimum atomic E-state index is -0.459. The van der Waals surface area contributed by atoms with E-state index in [2.05, 4.69) is 44.6 Å². The van der Waals surface area contributed by atoms with Crippen molar-refractivity contribution in [3.63, 3.8) is 0 Å². The van der Waals surface area contributed by atoms with Crippen molar-refractivity contribution >= 4 is 38.7 Å². The molecule has 9 heteroatoms. The number of H-pyrrole nitrogens is 1. The molecule has 0 aliphatic rings. The molecule has 0 bridgehead atoms. The van der Waals surface area contributed by atoms with E-state index in [1.807, 2.05) is 42.5 Å². The third-order valence-electron chi connectivity index (χ3n) is 7.07. The number of carbonyl (C=O) groups is 1. The average Bonchev–Trinajstić information content (AvgIpc) is 3.62. The van der Waals surface area contributed by atoms with Gasteiger partial charge in [0.2, 0.25) is 0 Å². The van der Waals surface area contributed by atoms with Crippen molar-refractivity contribution in [1.82, 2.24) is 35.0 Å². The summed E-state index contributed by atoms with van der Waals surface area (Å²) >= 11 is 0. The minimum absolute atomic E-state index is 0.00780. The number of para-hydroxylation sites is 3. The monoisotopic (exact) mass is 541 g/mol. The van der Waals surface area contributed by atoms with Gasteiger partial charge in [-0.05, 0) is 53.6 Å². The molecule has 0 fully saturated rings. The van der Waals surface area contributed by atoms with E-state index < -0.39 is 5.82 Å². The third-order valence-corrected chi connectivity index (χ3v) is 7.07. The van der Waals surface area contributed by atoms with Crippen molar-refractivity contribution < 1.29 is 9.18 Å². The quantitative estimate of drug-likeness (QED) is 0.257. The van der Waals surface area contributed by atoms with Crippen LogP contribution in [0.3, 0.4) is 0 Å². The van der Waals surface area contributed by atoms with Gasteiger partial charge in [0.15, 0.2) is 0 Å². The Bertz CT molecular complexity index is 2030. The molecule has 0 saturated carbocycles. The molecule has 0 aliphatic carbocycles. The molecular weight excluding hydrogens is 517 g/mol. The molecule has 41 heavy (non-hydrogen) atoms. The van der Waals surface area contributed by atoms with Crippen LogP contribution in [0.4, 0.5) is 4.39 Å². The zero-order valence-corrected chi connectivity index (χ0v) is 21.9. The van der Waals surface area contributed by atoms with Crippen molar-refractivity contribution in [3.8, 4) is 0 Å². The Balaban J connectivity index is 1.19. The number of aromatic nitrogens is 6. The second-order valence-corrected chi connectivity index (χ2v) is 9.92. The van der Waals surface area contributed by atoms with Crippen LogP contribution in [0.5, 0.6) is 0 Å². The van der Waals surface area contributed by atoms with Crippen LogP contribution in [0, 0.1) is 5.82 Å². The number of aromatic amines is 1. The standard InChI is InChI=1S/C32H24FN7O/c33-25-7-5-11-34-30(25)17-35-32(41)23-16-36-40(19-23)18-20-12-22(15-31-38-27-9-3-4-10-28(27)39-31)24-14-21-6-1-2-8-26(21)37-29(24)13-20/h1-14,16,19H,15,17-18H2,(H,35,41)(H,38,39). The van der Waals surface area contributed by atoms with Crippen LogP contribution in [0.1, 0.15) is 33.0 Å². The third kappa shape index (κ3) is 5.00. The molecule has 0 spiro atoms. The lowest BCUT2D eigenvalue weighted by atomic mass is 9.99. The Morgan fingerprint density at radius 3 is 2.66 bits per heavy atom. The highest BCUT2D eigenvalue weighted by Crippen LogP contribution is 2.27. The second kappa shape index (κ2) is 10.3. The fraction of sp³-hybridized carbons (Fsp3) is 0.0938. The molecule has 8 nitrogen and oxygen atoms in total. The van der Waals surface area contributed by atoms with Gasteiger partial charge in [-0.3, -0.25) is 14.5 Å². The first kappa shape index (κ1) is 24.6. The number of amides is 1. The van der Waals surface area contributed by atoms with Crippen LogP contribution in [-0.2, 0) is 19.5 Å². The minimum Gasteiger partial charge on any atom is -0.346 e. The summed E-state index contributed by atoms with van der Waals surface area (Å²) in [5.41, 5.74) is 6.40. The van der Waals surface area contributed by atoms with Gasteiger partial charge in [-0.2, -0.15) is 5.10 Å². The maximum Gasteiger partial charge on any atom is 0.254 e. The second-order valence-electron chi connectivity index (χ2n) is 9.92. The Morgan fingerprint density at radius 1 is 0.927 bits per heavy atom. The zero-order valence-electron chi connectivity index (χ0n) is 21.9. The Labute approximate surface area is 233 Å². The van der Waals surface area contributed by atoms with E-state index in [0.29, 0.717) is 18.5 Å². The topological polar surface area (TPSA) is 101 Å². The van der Waals surface area contributed by atoms with Gasteiger partial charge in [0.1, 0.15) is 11.6 Å². The molecule has 4 heterocycles. The van der Waals surface area contributed by atoms with Gasteiger partial charge in [0.25, 0.3) is 5.91 Å². The summed E-state index contributed by atoms with van der Waals surface area (Å²) in [6.07, 6.45) is 5.29. The number of nitrogens with zero attached hydrogens (tertiary/aromatic N) is 5. The maximum atomic E-state index is 13.9. The van der Waals surface area contributed by atoms with E-state index in [1.165, 1.54) is 24.5 Å². The summed E-state index contributed by atoms with van der Waals surface area (Å²) in [6, 6.07) is 25.3. The maximum absolute atomic E-state index is 13.9. The SMILES string of the molecule is O=C(NCc1ncccc1F)c1cnn(Cc2cc(Cc3nc4ccccc4[nH]3)c3cc4ccccc4nc3c2)c1. The summed E-state index contributed by atoms with van der Waals surface area (Å²) in [6.45, 7) is 0.436. The Hall–Kier alpha value is -5.44. The number of benzene rings is 3. The van der Waals surface area contributed by atoms with E-state index in [0.717, 1.165) is 49.8 Å². The molecule has 2 N–H and O–H groups in total. The van der Waals surface area contributed by atoms with E-state index >= 15 is 0 Å². The molecule has 1 amide bonds. The van der Waals surface area contributed by atoms with Crippen LogP contribution in [0.15, 0.2) is 97.5 Å². The van der Waals surface area contributed by atoms with E-state index in [-0.39, 0.29) is 18.1 Å². The van der Waals surface area contributed by atoms with Crippen LogP contribution >= 0.6 is 0 Å². The van der Waals surface area contributed by atoms with E-state index in [4.69, 9.17) is 9.97 Å². The lowest BCUT2D eigenvalue weighted by molar-refractivity contribution is 0.0950. The predicted molar refractivity (Wildman–Crippen MR) is 155 cm³/mol. The van der Waals surface area contributed by atoms with Crippen molar-refractivity contribution in [2.75, 3.05) is 0 Å². The van der Waals surface area contributed by atoms with E-state index in [1.54, 1.807) is 10.9 Å². The van der Waals surface area contributed by atoms with Crippen molar-refractivity contribution in [2.24, 2.45) is 0 Å². The van der Waals surface area contributed by atoms with Crippen LogP contribution in [0.25, 0.3) is 32.8 Å². The van der Waals surface area contributed by atoms with Gasteiger partial charge in [-0.15, -0.1) is 0 Å².